The Morgan fingerprint density at radius 3 is 1.94 bits per heavy atom. The van der Waals surface area contributed by atoms with E-state index in [9.17, 15) is 14.7 Å². The topological polar surface area (TPSA) is 57.6 Å². The van der Waals surface area contributed by atoms with Crippen LogP contribution in [0.1, 0.15) is 77.1 Å². The van der Waals surface area contributed by atoms with E-state index in [0.29, 0.717) is 11.6 Å². The molecule has 164 valence electrons. The molecular formula is C27H33NO3. The largest absolute Gasteiger partial charge is 0.503 e. The number of benzene rings is 2. The summed E-state index contributed by atoms with van der Waals surface area (Å²) in [4.78, 5) is 27.7. The molecule has 0 saturated heterocycles. The van der Waals surface area contributed by atoms with Gasteiger partial charge in [-0.15, -0.1) is 0 Å². The van der Waals surface area contributed by atoms with Gasteiger partial charge in [0, 0.05) is 11.6 Å². The highest BCUT2D eigenvalue weighted by atomic mass is 16.3. The number of carbonyl (C=O) groups excluding carboxylic acids is 2. The molecular weight excluding hydrogens is 386 g/mol. The summed E-state index contributed by atoms with van der Waals surface area (Å²) < 4.78 is 0. The third-order valence-electron chi connectivity index (χ3n) is 5.93. The summed E-state index contributed by atoms with van der Waals surface area (Å²) in [6, 6.07) is 15.1. The SMILES string of the molecule is CC(C)C(=O)C1=C(O)C(=O)N(c2ccc(C(C)C)cc2)C1c1ccc(C(C)(C)C)cc1. The molecule has 2 aromatic rings. The molecule has 1 heterocycles. The molecule has 0 aliphatic carbocycles. The molecule has 1 aliphatic rings. The van der Waals surface area contributed by atoms with Gasteiger partial charge in [-0.3, -0.25) is 14.5 Å². The van der Waals surface area contributed by atoms with Crippen LogP contribution in [0.5, 0.6) is 0 Å². The van der Waals surface area contributed by atoms with Gasteiger partial charge in [-0.2, -0.15) is 0 Å². The molecule has 3 rings (SSSR count). The van der Waals surface area contributed by atoms with Crippen molar-refractivity contribution in [2.45, 2.75) is 65.8 Å². The highest BCUT2D eigenvalue weighted by Crippen LogP contribution is 2.42. The molecule has 0 radical (unpaired) electrons. The van der Waals surface area contributed by atoms with E-state index < -0.39 is 17.7 Å². The van der Waals surface area contributed by atoms with E-state index in [4.69, 9.17) is 0 Å². The standard InChI is InChI=1S/C27H33NO3/c1-16(2)18-10-14-21(15-11-18)28-23(19-8-12-20(13-9-19)27(5,6)7)22(24(29)17(3)4)25(30)26(28)31/h8-17,23,30H,1-7H3. The summed E-state index contributed by atoms with van der Waals surface area (Å²) in [6.45, 7) is 14.2. The monoisotopic (exact) mass is 419 g/mol. The Morgan fingerprint density at radius 1 is 0.935 bits per heavy atom. The van der Waals surface area contributed by atoms with Crippen LogP contribution in [0.25, 0.3) is 0 Å². The second kappa shape index (κ2) is 8.33. The molecule has 0 spiro atoms. The van der Waals surface area contributed by atoms with E-state index in [1.54, 1.807) is 18.7 Å². The predicted molar refractivity (Wildman–Crippen MR) is 125 cm³/mol. The summed E-state index contributed by atoms with van der Waals surface area (Å²) in [5.41, 5.74) is 3.97. The van der Waals surface area contributed by atoms with Crippen LogP contribution >= 0.6 is 0 Å². The molecule has 4 nitrogen and oxygen atoms in total. The number of nitrogens with zero attached hydrogens (tertiary/aromatic N) is 1. The van der Waals surface area contributed by atoms with Crippen molar-refractivity contribution < 1.29 is 14.7 Å². The second-order valence-electron chi connectivity index (χ2n) is 9.98. The fraction of sp³-hybridized carbons (Fsp3) is 0.407. The minimum Gasteiger partial charge on any atom is -0.503 e. The van der Waals surface area contributed by atoms with Crippen LogP contribution in [-0.2, 0) is 15.0 Å². The zero-order valence-corrected chi connectivity index (χ0v) is 19.6. The second-order valence-corrected chi connectivity index (χ2v) is 9.98. The first-order valence-electron chi connectivity index (χ1n) is 10.9. The van der Waals surface area contributed by atoms with Gasteiger partial charge < -0.3 is 5.11 Å². The first-order chi connectivity index (χ1) is 14.4. The Labute approximate surface area is 185 Å². The minimum absolute atomic E-state index is 0.00898. The van der Waals surface area contributed by atoms with Crippen molar-refractivity contribution >= 4 is 17.4 Å². The quantitative estimate of drug-likeness (QED) is 0.625. The maximum Gasteiger partial charge on any atom is 0.294 e. The minimum atomic E-state index is -0.652. The number of amides is 1. The van der Waals surface area contributed by atoms with Gasteiger partial charge in [0.05, 0.1) is 11.6 Å². The summed E-state index contributed by atoms with van der Waals surface area (Å²) in [5.74, 6) is -1.15. The number of hydrogen-bond acceptors (Lipinski definition) is 3. The molecule has 0 aromatic heterocycles. The van der Waals surface area contributed by atoms with Crippen molar-refractivity contribution in [3.8, 4) is 0 Å². The van der Waals surface area contributed by atoms with Gasteiger partial charge in [0.25, 0.3) is 5.91 Å². The fourth-order valence-electron chi connectivity index (χ4n) is 3.93. The summed E-state index contributed by atoms with van der Waals surface area (Å²) in [5, 5.41) is 10.7. The lowest BCUT2D eigenvalue weighted by molar-refractivity contribution is -0.119. The van der Waals surface area contributed by atoms with E-state index in [-0.39, 0.29) is 22.7 Å². The molecule has 2 aromatic carbocycles. The average Bonchev–Trinajstić information content (AvgIpc) is 2.97. The number of ketones is 1. The maximum absolute atomic E-state index is 13.1. The molecule has 1 atom stereocenters. The first kappa shape index (κ1) is 22.8. The number of aliphatic hydroxyl groups excluding tert-OH is 1. The number of aliphatic hydroxyl groups is 1. The van der Waals surface area contributed by atoms with E-state index in [1.807, 2.05) is 48.5 Å². The molecule has 1 unspecified atom stereocenters. The van der Waals surface area contributed by atoms with E-state index in [2.05, 4.69) is 34.6 Å². The van der Waals surface area contributed by atoms with Crippen LogP contribution in [-0.4, -0.2) is 16.8 Å². The normalized spacial score (nSPS) is 17.3. The molecule has 1 N–H and O–H groups in total. The zero-order valence-electron chi connectivity index (χ0n) is 19.6. The molecule has 31 heavy (non-hydrogen) atoms. The van der Waals surface area contributed by atoms with Crippen molar-refractivity contribution in [1.82, 2.24) is 0 Å². The van der Waals surface area contributed by atoms with Crippen LogP contribution in [0, 0.1) is 5.92 Å². The smallest absolute Gasteiger partial charge is 0.294 e. The van der Waals surface area contributed by atoms with Crippen molar-refractivity contribution in [3.05, 3.63) is 76.6 Å². The lowest BCUT2D eigenvalue weighted by atomic mass is 9.85. The first-order valence-corrected chi connectivity index (χ1v) is 10.9. The van der Waals surface area contributed by atoms with Gasteiger partial charge in [0.15, 0.2) is 11.5 Å². The molecule has 0 fully saturated rings. The Kier molecular flexibility index (Phi) is 6.13. The lowest BCUT2D eigenvalue weighted by Gasteiger charge is -2.28. The van der Waals surface area contributed by atoms with Crippen LogP contribution in [0.2, 0.25) is 0 Å². The van der Waals surface area contributed by atoms with Crippen LogP contribution in [0.15, 0.2) is 59.9 Å². The Morgan fingerprint density at radius 2 is 1.48 bits per heavy atom. The molecule has 0 bridgehead atoms. The average molecular weight is 420 g/mol. The predicted octanol–water partition coefficient (Wildman–Crippen LogP) is 6.23. The van der Waals surface area contributed by atoms with Crippen LogP contribution in [0.3, 0.4) is 0 Å². The van der Waals surface area contributed by atoms with Gasteiger partial charge >= 0.3 is 0 Å². The third kappa shape index (κ3) is 4.30. The summed E-state index contributed by atoms with van der Waals surface area (Å²) >= 11 is 0. The van der Waals surface area contributed by atoms with Crippen molar-refractivity contribution in [2.24, 2.45) is 5.92 Å². The van der Waals surface area contributed by atoms with Gasteiger partial charge in [-0.25, -0.2) is 0 Å². The summed E-state index contributed by atoms with van der Waals surface area (Å²) in [6.07, 6.45) is 0. The molecule has 1 amide bonds. The Balaban J connectivity index is 2.13. The number of anilines is 1. The third-order valence-corrected chi connectivity index (χ3v) is 5.93. The zero-order chi connectivity index (χ0) is 23.1. The molecule has 0 saturated carbocycles. The fourth-order valence-corrected chi connectivity index (χ4v) is 3.93. The summed E-state index contributed by atoms with van der Waals surface area (Å²) in [7, 11) is 0. The highest BCUT2D eigenvalue weighted by molar-refractivity contribution is 6.16. The number of Topliss-reactive ketones (excluding diaryl/α,β-unsaturated/α-hetero) is 1. The van der Waals surface area contributed by atoms with E-state index >= 15 is 0 Å². The highest BCUT2D eigenvalue weighted by Gasteiger charge is 2.44. The van der Waals surface area contributed by atoms with Gasteiger partial charge in [-0.05, 0) is 40.2 Å². The number of rotatable bonds is 5. The van der Waals surface area contributed by atoms with E-state index in [1.165, 1.54) is 5.56 Å². The van der Waals surface area contributed by atoms with Gasteiger partial charge in [0.1, 0.15) is 0 Å². The van der Waals surface area contributed by atoms with E-state index in [0.717, 1.165) is 11.1 Å². The van der Waals surface area contributed by atoms with Gasteiger partial charge in [-0.1, -0.05) is 84.9 Å². The molecule has 1 aliphatic heterocycles. The van der Waals surface area contributed by atoms with Crippen molar-refractivity contribution in [3.63, 3.8) is 0 Å². The van der Waals surface area contributed by atoms with Gasteiger partial charge in [0.2, 0.25) is 0 Å². The molecule has 4 heteroatoms. The van der Waals surface area contributed by atoms with Crippen molar-refractivity contribution in [2.75, 3.05) is 4.90 Å². The Hall–Kier alpha value is -2.88. The maximum atomic E-state index is 13.1. The lowest BCUT2D eigenvalue weighted by Crippen LogP contribution is -2.31. The Bertz CT molecular complexity index is 1010. The number of hydrogen-bond donors (Lipinski definition) is 1. The van der Waals surface area contributed by atoms with Crippen LogP contribution in [0.4, 0.5) is 5.69 Å². The van der Waals surface area contributed by atoms with Crippen molar-refractivity contribution in [1.29, 1.82) is 0 Å². The number of carbonyl (C=O) groups is 2. The van der Waals surface area contributed by atoms with Crippen LogP contribution < -0.4 is 4.90 Å².